The van der Waals surface area contributed by atoms with Crippen molar-refractivity contribution in [2.75, 3.05) is 39.3 Å². The Labute approximate surface area is 152 Å². The minimum Gasteiger partial charge on any atom is -0.342 e. The van der Waals surface area contributed by atoms with Gasteiger partial charge in [-0.25, -0.2) is 4.98 Å². The molecule has 0 bridgehead atoms. The molecular formula is C18H25N5O3. The fraction of sp³-hybridized carbons (Fsp3) is 0.667. The summed E-state index contributed by atoms with van der Waals surface area (Å²) in [5.41, 5.74) is 1.39. The van der Waals surface area contributed by atoms with E-state index in [-0.39, 0.29) is 11.8 Å². The van der Waals surface area contributed by atoms with Crippen molar-refractivity contribution in [3.05, 3.63) is 17.2 Å². The van der Waals surface area contributed by atoms with Crippen LogP contribution in [-0.4, -0.2) is 81.7 Å². The first-order valence-electron chi connectivity index (χ1n) is 9.56. The summed E-state index contributed by atoms with van der Waals surface area (Å²) in [6.07, 6.45) is 5.72. The summed E-state index contributed by atoms with van der Waals surface area (Å²) in [5.74, 6) is 0.235. The van der Waals surface area contributed by atoms with E-state index in [1.807, 2.05) is 9.47 Å². The molecule has 0 N–H and O–H groups in total. The van der Waals surface area contributed by atoms with Gasteiger partial charge in [-0.3, -0.25) is 14.4 Å². The Bertz CT molecular complexity index is 715. The number of carbonyl (C=O) groups is 3. The van der Waals surface area contributed by atoms with Crippen LogP contribution < -0.4 is 0 Å². The van der Waals surface area contributed by atoms with Gasteiger partial charge in [-0.1, -0.05) is 0 Å². The molecule has 0 radical (unpaired) electrons. The zero-order valence-corrected chi connectivity index (χ0v) is 15.0. The minimum atomic E-state index is -0.126. The minimum absolute atomic E-state index is 0.0297. The molecule has 1 aromatic heterocycles. The number of hydrogen-bond donors (Lipinski definition) is 0. The van der Waals surface area contributed by atoms with Gasteiger partial charge in [-0.05, 0) is 32.1 Å². The molecule has 4 heterocycles. The van der Waals surface area contributed by atoms with E-state index < -0.39 is 0 Å². The van der Waals surface area contributed by atoms with E-state index in [2.05, 4.69) is 4.98 Å². The summed E-state index contributed by atoms with van der Waals surface area (Å²) in [4.78, 5) is 46.6. The lowest BCUT2D eigenvalue weighted by Gasteiger charge is -2.32. The normalized spacial score (nSPS) is 20.2. The Morgan fingerprint density at radius 1 is 0.808 bits per heavy atom. The van der Waals surface area contributed by atoms with Crippen LogP contribution in [0.4, 0.5) is 0 Å². The van der Waals surface area contributed by atoms with Crippen LogP contribution in [0.3, 0.4) is 0 Å². The van der Waals surface area contributed by atoms with Gasteiger partial charge < -0.3 is 19.3 Å². The van der Waals surface area contributed by atoms with E-state index in [0.717, 1.165) is 63.8 Å². The molecule has 0 saturated carbocycles. The molecule has 4 rings (SSSR count). The number of piperazine rings is 1. The molecular weight excluding hydrogens is 334 g/mol. The maximum absolute atomic E-state index is 13.0. The highest BCUT2D eigenvalue weighted by Gasteiger charge is 2.33. The third-order valence-electron chi connectivity index (χ3n) is 5.66. The molecule has 0 spiro atoms. The SMILES string of the molecule is O=CN1CCN(C(=O)c2nc(C(=O)N3CCCC3)c3n2CCCC3)CC1. The molecule has 1 aromatic rings. The van der Waals surface area contributed by atoms with Crippen LogP contribution in [-0.2, 0) is 17.8 Å². The topological polar surface area (TPSA) is 78.8 Å². The lowest BCUT2D eigenvalue weighted by atomic mass is 10.1. The first kappa shape index (κ1) is 17.1. The van der Waals surface area contributed by atoms with Crippen LogP contribution in [0.1, 0.15) is 52.5 Å². The number of aromatic nitrogens is 2. The lowest BCUT2D eigenvalue weighted by Crippen LogP contribution is -2.48. The lowest BCUT2D eigenvalue weighted by molar-refractivity contribution is -0.119. The zero-order valence-electron chi connectivity index (χ0n) is 15.0. The van der Waals surface area contributed by atoms with Crippen LogP contribution in [0.25, 0.3) is 0 Å². The summed E-state index contributed by atoms with van der Waals surface area (Å²) in [6, 6.07) is 0. The van der Waals surface area contributed by atoms with Crippen LogP contribution >= 0.6 is 0 Å². The van der Waals surface area contributed by atoms with E-state index in [4.69, 9.17) is 0 Å². The monoisotopic (exact) mass is 359 g/mol. The molecule has 3 aliphatic rings. The van der Waals surface area contributed by atoms with Crippen molar-refractivity contribution in [3.63, 3.8) is 0 Å². The predicted octanol–water partition coefficient (Wildman–Crippen LogP) is 0.370. The van der Waals surface area contributed by atoms with Crippen molar-refractivity contribution >= 4 is 18.2 Å². The van der Waals surface area contributed by atoms with Crippen LogP contribution in [0.15, 0.2) is 0 Å². The van der Waals surface area contributed by atoms with Crippen molar-refractivity contribution in [3.8, 4) is 0 Å². The number of rotatable bonds is 3. The third kappa shape index (κ3) is 2.97. The molecule has 0 unspecified atom stereocenters. The quantitative estimate of drug-likeness (QED) is 0.731. The van der Waals surface area contributed by atoms with Crippen LogP contribution in [0.2, 0.25) is 0 Å². The maximum atomic E-state index is 13.0. The van der Waals surface area contributed by atoms with E-state index in [0.29, 0.717) is 37.7 Å². The molecule has 3 amide bonds. The second-order valence-electron chi connectivity index (χ2n) is 7.27. The van der Waals surface area contributed by atoms with Gasteiger partial charge in [0, 0.05) is 45.8 Å². The molecule has 0 aliphatic carbocycles. The van der Waals surface area contributed by atoms with Gasteiger partial charge in [-0.15, -0.1) is 0 Å². The number of fused-ring (bicyclic) bond motifs is 1. The summed E-state index contributed by atoms with van der Waals surface area (Å²) in [6.45, 7) is 4.41. The zero-order chi connectivity index (χ0) is 18.1. The van der Waals surface area contributed by atoms with Crippen molar-refractivity contribution in [2.24, 2.45) is 0 Å². The smallest absolute Gasteiger partial charge is 0.290 e. The Hall–Kier alpha value is -2.38. The highest BCUT2D eigenvalue weighted by Crippen LogP contribution is 2.24. The third-order valence-corrected chi connectivity index (χ3v) is 5.66. The van der Waals surface area contributed by atoms with Crippen molar-refractivity contribution in [1.82, 2.24) is 24.3 Å². The Kier molecular flexibility index (Phi) is 4.65. The molecule has 2 fully saturated rings. The summed E-state index contributed by atoms with van der Waals surface area (Å²) < 4.78 is 1.96. The predicted molar refractivity (Wildman–Crippen MR) is 93.8 cm³/mol. The van der Waals surface area contributed by atoms with Gasteiger partial charge >= 0.3 is 0 Å². The van der Waals surface area contributed by atoms with Crippen molar-refractivity contribution in [2.45, 2.75) is 38.6 Å². The van der Waals surface area contributed by atoms with Crippen molar-refractivity contribution < 1.29 is 14.4 Å². The number of likely N-dealkylation sites (tertiary alicyclic amines) is 1. The number of carbonyl (C=O) groups excluding carboxylic acids is 3. The first-order chi connectivity index (χ1) is 12.7. The Morgan fingerprint density at radius 2 is 1.46 bits per heavy atom. The van der Waals surface area contributed by atoms with Crippen LogP contribution in [0, 0.1) is 0 Å². The van der Waals surface area contributed by atoms with E-state index in [1.165, 1.54) is 0 Å². The molecule has 140 valence electrons. The van der Waals surface area contributed by atoms with Gasteiger partial charge in [-0.2, -0.15) is 0 Å². The summed E-state index contributed by atoms with van der Waals surface area (Å²) >= 11 is 0. The summed E-state index contributed by atoms with van der Waals surface area (Å²) in [7, 11) is 0. The standard InChI is InChI=1S/C18H25N5O3/c24-13-20-9-11-22(12-10-20)18(26)16-19-15(14-5-1-2-8-23(14)16)17(25)21-6-3-4-7-21/h13H,1-12H2. The fourth-order valence-electron chi connectivity index (χ4n) is 4.12. The van der Waals surface area contributed by atoms with Gasteiger partial charge in [0.05, 0.1) is 5.69 Å². The Morgan fingerprint density at radius 3 is 2.15 bits per heavy atom. The number of amides is 3. The van der Waals surface area contributed by atoms with E-state index in [9.17, 15) is 14.4 Å². The van der Waals surface area contributed by atoms with Crippen LogP contribution in [0.5, 0.6) is 0 Å². The second kappa shape index (κ2) is 7.09. The van der Waals surface area contributed by atoms with Gasteiger partial charge in [0.2, 0.25) is 6.41 Å². The highest BCUT2D eigenvalue weighted by molar-refractivity contribution is 5.97. The largest absolute Gasteiger partial charge is 0.342 e. The summed E-state index contributed by atoms with van der Waals surface area (Å²) in [5, 5.41) is 0. The molecule has 26 heavy (non-hydrogen) atoms. The molecule has 3 aliphatic heterocycles. The maximum Gasteiger partial charge on any atom is 0.290 e. The second-order valence-corrected chi connectivity index (χ2v) is 7.27. The molecule has 0 atom stereocenters. The molecule has 8 nitrogen and oxygen atoms in total. The van der Waals surface area contributed by atoms with Gasteiger partial charge in [0.1, 0.15) is 5.69 Å². The Balaban J connectivity index is 1.60. The molecule has 2 saturated heterocycles. The average Bonchev–Trinajstić information content (AvgIpc) is 3.35. The van der Waals surface area contributed by atoms with E-state index >= 15 is 0 Å². The number of hydrogen-bond acceptors (Lipinski definition) is 4. The van der Waals surface area contributed by atoms with Crippen molar-refractivity contribution in [1.29, 1.82) is 0 Å². The highest BCUT2D eigenvalue weighted by atomic mass is 16.2. The first-order valence-corrected chi connectivity index (χ1v) is 9.56. The average molecular weight is 359 g/mol. The number of imidazole rings is 1. The molecule has 0 aromatic carbocycles. The van der Waals surface area contributed by atoms with Gasteiger partial charge in [0.15, 0.2) is 5.82 Å². The molecule has 8 heteroatoms. The fourth-order valence-corrected chi connectivity index (χ4v) is 4.12. The van der Waals surface area contributed by atoms with E-state index in [1.54, 1.807) is 9.80 Å². The van der Waals surface area contributed by atoms with Gasteiger partial charge in [0.25, 0.3) is 11.8 Å². The number of nitrogens with zero attached hydrogens (tertiary/aromatic N) is 5.